The first-order valence-electron chi connectivity index (χ1n) is 7.52. The van der Waals surface area contributed by atoms with E-state index in [0.29, 0.717) is 12.3 Å². The zero-order chi connectivity index (χ0) is 15.9. The summed E-state index contributed by atoms with van der Waals surface area (Å²) < 4.78 is 9.77. The summed E-state index contributed by atoms with van der Waals surface area (Å²) in [6.45, 7) is 5.81. The highest BCUT2D eigenvalue weighted by Gasteiger charge is 2.36. The zero-order valence-corrected chi connectivity index (χ0v) is 13.5. The molecule has 1 rings (SSSR count). The summed E-state index contributed by atoms with van der Waals surface area (Å²) in [6, 6.07) is 0. The fourth-order valence-electron chi connectivity index (χ4n) is 2.84. The van der Waals surface area contributed by atoms with E-state index in [1.807, 2.05) is 0 Å². The van der Waals surface area contributed by atoms with Crippen molar-refractivity contribution in [2.24, 2.45) is 11.8 Å². The Morgan fingerprint density at radius 3 is 2.67 bits per heavy atom. The number of esters is 1. The average Bonchev–Trinajstić information content (AvgIpc) is 2.47. The molecule has 1 heterocycles. The summed E-state index contributed by atoms with van der Waals surface area (Å²) >= 11 is 0. The minimum Gasteiger partial charge on any atom is -0.467 e. The highest BCUT2D eigenvalue weighted by molar-refractivity contribution is 5.87. The molecule has 2 N–H and O–H groups in total. The number of methoxy groups -OCH3 is 2. The van der Waals surface area contributed by atoms with E-state index in [0.717, 1.165) is 25.9 Å². The van der Waals surface area contributed by atoms with Crippen molar-refractivity contribution in [3.8, 4) is 0 Å². The van der Waals surface area contributed by atoms with Gasteiger partial charge in [0.1, 0.15) is 0 Å². The van der Waals surface area contributed by atoms with E-state index in [2.05, 4.69) is 17.6 Å². The number of carbonyl (C=O) groups excluding carboxylic acids is 2. The minimum atomic E-state index is -1.13. The average molecular weight is 300 g/mol. The van der Waals surface area contributed by atoms with Gasteiger partial charge in [0.15, 0.2) is 5.54 Å². The van der Waals surface area contributed by atoms with Gasteiger partial charge in [0.25, 0.3) is 0 Å². The molecule has 6 nitrogen and oxygen atoms in total. The van der Waals surface area contributed by atoms with Crippen LogP contribution in [-0.2, 0) is 19.1 Å². The smallest absolute Gasteiger partial charge is 0.333 e. The van der Waals surface area contributed by atoms with Gasteiger partial charge in [0.2, 0.25) is 5.91 Å². The van der Waals surface area contributed by atoms with E-state index >= 15 is 0 Å². The Morgan fingerprint density at radius 1 is 1.43 bits per heavy atom. The van der Waals surface area contributed by atoms with Crippen molar-refractivity contribution in [1.82, 2.24) is 10.6 Å². The second-order valence-corrected chi connectivity index (χ2v) is 6.09. The molecule has 0 aliphatic carbocycles. The molecule has 0 saturated carbocycles. The minimum absolute atomic E-state index is 0.0881. The quantitative estimate of drug-likeness (QED) is 0.677. The molecular formula is C15H28N2O4. The first kappa shape index (κ1) is 17.9. The van der Waals surface area contributed by atoms with E-state index in [-0.39, 0.29) is 18.4 Å². The van der Waals surface area contributed by atoms with Gasteiger partial charge in [-0.1, -0.05) is 6.92 Å². The van der Waals surface area contributed by atoms with Crippen LogP contribution in [0, 0.1) is 11.8 Å². The lowest BCUT2D eigenvalue weighted by molar-refractivity contribution is -0.152. The zero-order valence-electron chi connectivity index (χ0n) is 13.5. The molecule has 21 heavy (non-hydrogen) atoms. The molecule has 1 saturated heterocycles. The number of piperidine rings is 1. The fourth-order valence-corrected chi connectivity index (χ4v) is 2.84. The van der Waals surface area contributed by atoms with Gasteiger partial charge in [-0.25, -0.2) is 4.79 Å². The van der Waals surface area contributed by atoms with Crippen LogP contribution in [0.2, 0.25) is 0 Å². The Kier molecular flexibility index (Phi) is 7.11. The summed E-state index contributed by atoms with van der Waals surface area (Å²) in [5, 5.41) is 6.12. The highest BCUT2D eigenvalue weighted by atomic mass is 16.5. The van der Waals surface area contributed by atoms with Gasteiger partial charge < -0.3 is 20.1 Å². The van der Waals surface area contributed by atoms with E-state index in [4.69, 9.17) is 9.47 Å². The van der Waals surface area contributed by atoms with Crippen molar-refractivity contribution in [3.63, 3.8) is 0 Å². The lowest BCUT2D eigenvalue weighted by atomic mass is 9.85. The topological polar surface area (TPSA) is 76.7 Å². The van der Waals surface area contributed by atoms with E-state index in [1.54, 1.807) is 6.92 Å². The predicted molar refractivity (Wildman–Crippen MR) is 79.8 cm³/mol. The van der Waals surface area contributed by atoms with Gasteiger partial charge in [0, 0.05) is 13.5 Å². The van der Waals surface area contributed by atoms with Crippen molar-refractivity contribution in [2.45, 2.75) is 38.6 Å². The maximum atomic E-state index is 12.2. The van der Waals surface area contributed by atoms with Crippen LogP contribution in [-0.4, -0.2) is 51.3 Å². The first-order chi connectivity index (χ1) is 9.92. The van der Waals surface area contributed by atoms with Gasteiger partial charge in [0.05, 0.1) is 13.7 Å². The summed E-state index contributed by atoms with van der Waals surface area (Å²) in [4.78, 5) is 24.0. The third-order valence-electron chi connectivity index (χ3n) is 4.13. The van der Waals surface area contributed by atoms with Crippen LogP contribution in [0.1, 0.15) is 33.1 Å². The number of nitrogens with one attached hydrogen (secondary N) is 2. The van der Waals surface area contributed by atoms with Gasteiger partial charge in [-0.05, 0) is 44.7 Å². The molecule has 1 fully saturated rings. The Labute approximate surface area is 126 Å². The summed E-state index contributed by atoms with van der Waals surface area (Å²) in [6.07, 6.45) is 2.70. The standard InChI is InChI=1S/C15H28N2O4/c1-11(12-6-5-7-16-9-12)8-13(18)17-15(2,10-20-3)14(19)21-4/h11-12,16H,5-10H2,1-4H3,(H,17,18). The third kappa shape index (κ3) is 5.28. The number of hydrogen-bond donors (Lipinski definition) is 2. The number of carbonyl (C=O) groups is 2. The molecule has 0 aromatic heterocycles. The van der Waals surface area contributed by atoms with Crippen LogP contribution in [0.4, 0.5) is 0 Å². The van der Waals surface area contributed by atoms with Gasteiger partial charge in [-0.3, -0.25) is 4.79 Å². The number of rotatable bonds is 7. The summed E-state index contributed by atoms with van der Waals surface area (Å²) in [5.41, 5.74) is -1.13. The van der Waals surface area contributed by atoms with E-state index < -0.39 is 11.5 Å². The molecule has 1 aliphatic rings. The number of amides is 1. The molecule has 3 unspecified atom stereocenters. The van der Waals surface area contributed by atoms with Crippen LogP contribution >= 0.6 is 0 Å². The van der Waals surface area contributed by atoms with Crippen molar-refractivity contribution < 1.29 is 19.1 Å². The molecule has 0 radical (unpaired) electrons. The van der Waals surface area contributed by atoms with Gasteiger partial charge in [-0.2, -0.15) is 0 Å². The monoisotopic (exact) mass is 300 g/mol. The predicted octanol–water partition coefficient (Wildman–Crippen LogP) is 0.707. The molecule has 0 aromatic carbocycles. The van der Waals surface area contributed by atoms with Gasteiger partial charge in [-0.15, -0.1) is 0 Å². The van der Waals surface area contributed by atoms with Crippen molar-refractivity contribution >= 4 is 11.9 Å². The molecule has 6 heteroatoms. The highest BCUT2D eigenvalue weighted by Crippen LogP contribution is 2.22. The maximum absolute atomic E-state index is 12.2. The van der Waals surface area contributed by atoms with Crippen molar-refractivity contribution in [2.75, 3.05) is 33.9 Å². The Bertz CT molecular complexity index is 356. The fraction of sp³-hybridized carbons (Fsp3) is 0.867. The molecule has 1 amide bonds. The normalized spacial score (nSPS) is 23.0. The third-order valence-corrected chi connectivity index (χ3v) is 4.13. The maximum Gasteiger partial charge on any atom is 0.333 e. The van der Waals surface area contributed by atoms with Gasteiger partial charge >= 0.3 is 5.97 Å². The second-order valence-electron chi connectivity index (χ2n) is 6.09. The number of ether oxygens (including phenoxy) is 2. The van der Waals surface area contributed by atoms with Crippen LogP contribution in [0.25, 0.3) is 0 Å². The molecule has 122 valence electrons. The Morgan fingerprint density at radius 2 is 2.14 bits per heavy atom. The molecular weight excluding hydrogens is 272 g/mol. The second kappa shape index (κ2) is 8.34. The van der Waals surface area contributed by atoms with Crippen molar-refractivity contribution in [1.29, 1.82) is 0 Å². The van der Waals surface area contributed by atoms with Crippen LogP contribution in [0.5, 0.6) is 0 Å². The summed E-state index contributed by atoms with van der Waals surface area (Å²) in [7, 11) is 2.79. The van der Waals surface area contributed by atoms with Crippen molar-refractivity contribution in [3.05, 3.63) is 0 Å². The molecule has 0 aromatic rings. The SMILES string of the molecule is COCC(C)(NC(=O)CC(C)C1CCCNC1)C(=O)OC. The molecule has 1 aliphatic heterocycles. The largest absolute Gasteiger partial charge is 0.467 e. The summed E-state index contributed by atoms with van der Waals surface area (Å²) in [5.74, 6) is 0.154. The first-order valence-corrected chi connectivity index (χ1v) is 7.52. The number of hydrogen-bond acceptors (Lipinski definition) is 5. The van der Waals surface area contributed by atoms with Crippen LogP contribution in [0.3, 0.4) is 0 Å². The molecule has 0 spiro atoms. The molecule has 3 atom stereocenters. The Hall–Kier alpha value is -1.14. The van der Waals surface area contributed by atoms with E-state index in [1.165, 1.54) is 14.2 Å². The van der Waals surface area contributed by atoms with E-state index in [9.17, 15) is 9.59 Å². The van der Waals surface area contributed by atoms with Crippen LogP contribution < -0.4 is 10.6 Å². The molecule has 0 bridgehead atoms. The van der Waals surface area contributed by atoms with Crippen LogP contribution in [0.15, 0.2) is 0 Å². The lowest BCUT2D eigenvalue weighted by Crippen LogP contribution is -2.56. The Balaban J connectivity index is 2.54. The lowest BCUT2D eigenvalue weighted by Gasteiger charge is -2.30.